The molecule has 1 saturated heterocycles. The van der Waals surface area contributed by atoms with Crippen molar-refractivity contribution < 1.29 is 13.9 Å². The first-order valence-corrected chi connectivity index (χ1v) is 14.0. The lowest BCUT2D eigenvalue weighted by atomic mass is 9.99. The third-order valence-electron chi connectivity index (χ3n) is 5.71. The highest BCUT2D eigenvalue weighted by Crippen LogP contribution is 2.43. The molecule has 2 aromatic rings. The first-order valence-electron chi connectivity index (χ1n) is 12.3. The predicted molar refractivity (Wildman–Crippen MR) is 152 cm³/mol. The maximum Gasteiger partial charge on any atom is 0.252 e. The summed E-state index contributed by atoms with van der Waals surface area (Å²) in [5, 5.41) is 0.890. The zero-order chi connectivity index (χ0) is 26.9. The van der Waals surface area contributed by atoms with Crippen LogP contribution in [-0.2, 0) is 9.53 Å². The molecular weight excluding hydrogens is 516 g/mol. The molecule has 0 bridgehead atoms. The van der Waals surface area contributed by atoms with E-state index in [2.05, 4.69) is 27.4 Å². The molecule has 198 valence electrons. The Bertz CT molecular complexity index is 979. The van der Waals surface area contributed by atoms with Gasteiger partial charge in [-0.15, -0.1) is 6.58 Å². The molecule has 3 nitrogen and oxygen atoms in total. The lowest BCUT2D eigenvalue weighted by Crippen LogP contribution is -2.54. The third kappa shape index (κ3) is 9.74. The Balaban J connectivity index is 0.000000383. The Labute approximate surface area is 230 Å². The van der Waals surface area contributed by atoms with Gasteiger partial charge in [0.2, 0.25) is 0 Å². The first kappa shape index (κ1) is 30.7. The molecular formula is C29H38Cl2FNO2S. The largest absolute Gasteiger partial charge is 0.366 e. The second kappa shape index (κ2) is 14.4. The molecule has 1 saturated carbocycles. The van der Waals surface area contributed by atoms with Crippen molar-refractivity contribution in [2.45, 2.75) is 70.4 Å². The van der Waals surface area contributed by atoms with E-state index in [0.29, 0.717) is 12.5 Å². The summed E-state index contributed by atoms with van der Waals surface area (Å²) < 4.78 is 19.9. The molecule has 1 heterocycles. The molecule has 1 aliphatic carbocycles. The number of morpholine rings is 1. The smallest absolute Gasteiger partial charge is 0.252 e. The lowest BCUT2D eigenvalue weighted by molar-refractivity contribution is -0.162. The lowest BCUT2D eigenvalue weighted by Gasteiger charge is -2.44. The molecule has 4 rings (SSSR count). The van der Waals surface area contributed by atoms with Crippen molar-refractivity contribution in [1.29, 1.82) is 0 Å². The highest BCUT2D eigenvalue weighted by Gasteiger charge is 2.45. The van der Waals surface area contributed by atoms with Crippen molar-refractivity contribution in [2.75, 3.05) is 12.4 Å². The number of hydrogen-bond acceptors (Lipinski definition) is 3. The number of ether oxygens (including phenoxy) is 1. The van der Waals surface area contributed by atoms with E-state index in [1.165, 1.54) is 6.07 Å². The number of amides is 1. The molecule has 1 aliphatic heterocycles. The summed E-state index contributed by atoms with van der Waals surface area (Å²) in [6, 6.07) is 14.1. The van der Waals surface area contributed by atoms with Crippen molar-refractivity contribution >= 4 is 40.9 Å². The third-order valence-corrected chi connectivity index (χ3v) is 7.65. The SMILES string of the molecule is C=CC.CC1OCC(c2ccc(Cl)c(F)c2)N(C(CSC(C)(C)C)C2CC2)C1=O.Clc1ccccc1. The molecule has 2 aromatic carbocycles. The molecule has 0 N–H and O–H groups in total. The van der Waals surface area contributed by atoms with Gasteiger partial charge >= 0.3 is 0 Å². The van der Waals surface area contributed by atoms with Crippen LogP contribution in [0.4, 0.5) is 4.39 Å². The van der Waals surface area contributed by atoms with E-state index >= 15 is 0 Å². The maximum atomic E-state index is 14.0. The Morgan fingerprint density at radius 3 is 2.28 bits per heavy atom. The Morgan fingerprint density at radius 2 is 1.81 bits per heavy atom. The number of halogens is 3. The van der Waals surface area contributed by atoms with Gasteiger partial charge in [-0.3, -0.25) is 4.79 Å². The molecule has 2 aliphatic rings. The minimum atomic E-state index is -0.456. The number of hydrogen-bond donors (Lipinski definition) is 0. The molecule has 3 unspecified atom stereocenters. The average molecular weight is 555 g/mol. The van der Waals surface area contributed by atoms with Crippen molar-refractivity contribution in [2.24, 2.45) is 5.92 Å². The Hall–Kier alpha value is -1.53. The molecule has 3 atom stereocenters. The van der Waals surface area contributed by atoms with E-state index in [4.69, 9.17) is 27.9 Å². The second-order valence-corrected chi connectivity index (χ2v) is 12.6. The highest BCUT2D eigenvalue weighted by atomic mass is 35.5. The van der Waals surface area contributed by atoms with Crippen LogP contribution in [0.5, 0.6) is 0 Å². The molecule has 0 spiro atoms. The fraction of sp³-hybridized carbons (Fsp3) is 0.483. The summed E-state index contributed by atoms with van der Waals surface area (Å²) in [7, 11) is 0. The monoisotopic (exact) mass is 553 g/mol. The van der Waals surface area contributed by atoms with Crippen LogP contribution in [0.1, 0.15) is 59.1 Å². The first-order chi connectivity index (χ1) is 17.0. The van der Waals surface area contributed by atoms with Gasteiger partial charge in [0.1, 0.15) is 11.9 Å². The van der Waals surface area contributed by atoms with Crippen molar-refractivity contribution in [3.05, 3.63) is 82.6 Å². The van der Waals surface area contributed by atoms with E-state index < -0.39 is 11.9 Å². The van der Waals surface area contributed by atoms with Crippen molar-refractivity contribution in [3.8, 4) is 0 Å². The van der Waals surface area contributed by atoms with Gasteiger partial charge in [0, 0.05) is 21.6 Å². The Kier molecular flexibility index (Phi) is 12.3. The second-order valence-electron chi connectivity index (χ2n) is 9.94. The number of thioether (sulfide) groups is 1. The quantitative estimate of drug-likeness (QED) is 0.347. The summed E-state index contributed by atoms with van der Waals surface area (Å²) >= 11 is 13.3. The molecule has 0 radical (unpaired) electrons. The van der Waals surface area contributed by atoms with Crippen LogP contribution in [0.2, 0.25) is 10.0 Å². The Morgan fingerprint density at radius 1 is 1.19 bits per heavy atom. The molecule has 7 heteroatoms. The molecule has 1 amide bonds. The zero-order valence-corrected chi connectivity index (χ0v) is 24.2. The number of benzene rings is 2. The van der Waals surface area contributed by atoms with E-state index in [1.54, 1.807) is 25.1 Å². The van der Waals surface area contributed by atoms with Crippen LogP contribution >= 0.6 is 35.0 Å². The average Bonchev–Trinajstić information content (AvgIpc) is 3.65. The van der Waals surface area contributed by atoms with Crippen LogP contribution in [0.3, 0.4) is 0 Å². The van der Waals surface area contributed by atoms with Gasteiger partial charge in [-0.1, -0.05) is 74.3 Å². The number of carbonyl (C=O) groups is 1. The summed E-state index contributed by atoms with van der Waals surface area (Å²) in [6.45, 7) is 14.0. The minimum Gasteiger partial charge on any atom is -0.366 e. The minimum absolute atomic E-state index is 0.00279. The standard InChI is InChI=1S/C20H27ClFNO2S.C6H5Cl.C3H6/c1-12-19(24)23(18(13-5-6-13)11-26-20(2,3)4)17(10-25-12)14-7-8-15(21)16(22)9-14;7-6-4-2-1-3-5-6;1-3-2/h7-9,12-13,17-18H,5-6,10-11H2,1-4H3;1-5H;3H,1H2,2H3. The van der Waals surface area contributed by atoms with Gasteiger partial charge in [0.25, 0.3) is 5.91 Å². The van der Waals surface area contributed by atoms with Gasteiger partial charge in [-0.05, 0) is 62.4 Å². The summed E-state index contributed by atoms with van der Waals surface area (Å²) in [5.74, 6) is 0.961. The van der Waals surface area contributed by atoms with Gasteiger partial charge in [0.15, 0.2) is 0 Å². The fourth-order valence-corrected chi connectivity index (χ4v) is 5.16. The van der Waals surface area contributed by atoms with E-state index in [-0.39, 0.29) is 27.8 Å². The number of nitrogens with zero attached hydrogens (tertiary/aromatic N) is 1. The molecule has 0 aromatic heterocycles. The number of carbonyl (C=O) groups excluding carboxylic acids is 1. The van der Waals surface area contributed by atoms with Crippen LogP contribution in [0.25, 0.3) is 0 Å². The van der Waals surface area contributed by atoms with Crippen molar-refractivity contribution in [1.82, 2.24) is 4.90 Å². The molecule has 36 heavy (non-hydrogen) atoms. The maximum absolute atomic E-state index is 14.0. The van der Waals surface area contributed by atoms with E-state index in [0.717, 1.165) is 29.2 Å². The van der Waals surface area contributed by atoms with Crippen molar-refractivity contribution in [3.63, 3.8) is 0 Å². The van der Waals surface area contributed by atoms with Gasteiger partial charge < -0.3 is 9.64 Å². The van der Waals surface area contributed by atoms with Gasteiger partial charge in [0.05, 0.1) is 17.7 Å². The van der Waals surface area contributed by atoms with Crippen LogP contribution in [0.15, 0.2) is 61.2 Å². The van der Waals surface area contributed by atoms with Gasteiger partial charge in [-0.25, -0.2) is 4.39 Å². The van der Waals surface area contributed by atoms with Gasteiger partial charge in [-0.2, -0.15) is 11.8 Å². The van der Waals surface area contributed by atoms with E-state index in [1.807, 2.05) is 53.9 Å². The molecule has 2 fully saturated rings. The summed E-state index contributed by atoms with van der Waals surface area (Å²) in [6.07, 6.45) is 3.59. The number of rotatable bonds is 5. The zero-order valence-electron chi connectivity index (χ0n) is 21.8. The van der Waals surface area contributed by atoms with Crippen LogP contribution < -0.4 is 0 Å². The van der Waals surface area contributed by atoms with Crippen LogP contribution in [0, 0.1) is 11.7 Å². The van der Waals surface area contributed by atoms with E-state index in [9.17, 15) is 9.18 Å². The fourth-order valence-electron chi connectivity index (χ4n) is 3.80. The topological polar surface area (TPSA) is 29.5 Å². The summed E-state index contributed by atoms with van der Waals surface area (Å²) in [4.78, 5) is 15.0. The normalized spacial score (nSPS) is 20.4. The number of allylic oxidation sites excluding steroid dienone is 1. The summed E-state index contributed by atoms with van der Waals surface area (Å²) in [5.41, 5.74) is 0.749. The highest BCUT2D eigenvalue weighted by molar-refractivity contribution is 8.00. The predicted octanol–water partition coefficient (Wildman–Crippen LogP) is 8.61. The van der Waals surface area contributed by atoms with Crippen LogP contribution in [-0.4, -0.2) is 40.1 Å².